The Morgan fingerprint density at radius 3 is 2.71 bits per heavy atom. The standard InChI is InChI=1S/C15H18N2O4/c1-3-9-4-5-11-10(7-12(16)14(18)21-2)8-17(15(19)20)13(11)6-9/h4-6,8,12H,3,7,16H2,1-2H3,(H,19,20). The van der Waals surface area contributed by atoms with Gasteiger partial charge in [-0.15, -0.1) is 0 Å². The molecule has 1 heterocycles. The van der Waals surface area contributed by atoms with Gasteiger partial charge in [0.1, 0.15) is 6.04 Å². The van der Waals surface area contributed by atoms with E-state index < -0.39 is 18.1 Å². The maximum absolute atomic E-state index is 11.4. The van der Waals surface area contributed by atoms with E-state index in [2.05, 4.69) is 4.74 Å². The lowest BCUT2D eigenvalue weighted by atomic mass is 10.0. The minimum Gasteiger partial charge on any atom is -0.468 e. The second-order valence-electron chi connectivity index (χ2n) is 4.85. The number of ether oxygens (including phenoxy) is 1. The van der Waals surface area contributed by atoms with Crippen molar-refractivity contribution in [3.8, 4) is 0 Å². The number of carboxylic acid groups (broad SMARTS) is 1. The second kappa shape index (κ2) is 5.97. The zero-order chi connectivity index (χ0) is 15.6. The molecule has 0 radical (unpaired) electrons. The van der Waals surface area contributed by atoms with E-state index in [9.17, 15) is 14.7 Å². The van der Waals surface area contributed by atoms with Gasteiger partial charge in [-0.05, 0) is 23.6 Å². The number of aromatic nitrogens is 1. The average molecular weight is 290 g/mol. The van der Waals surface area contributed by atoms with Crippen LogP contribution in [0.25, 0.3) is 10.9 Å². The van der Waals surface area contributed by atoms with E-state index in [1.807, 2.05) is 25.1 Å². The van der Waals surface area contributed by atoms with Crippen molar-refractivity contribution in [2.45, 2.75) is 25.8 Å². The van der Waals surface area contributed by atoms with Gasteiger partial charge in [0.2, 0.25) is 0 Å². The maximum atomic E-state index is 11.4. The van der Waals surface area contributed by atoms with Gasteiger partial charge in [-0.2, -0.15) is 0 Å². The van der Waals surface area contributed by atoms with Gasteiger partial charge in [0.05, 0.1) is 12.6 Å². The molecular formula is C15H18N2O4. The first-order valence-electron chi connectivity index (χ1n) is 6.67. The van der Waals surface area contributed by atoms with Crippen molar-refractivity contribution >= 4 is 23.0 Å². The van der Waals surface area contributed by atoms with Crippen LogP contribution >= 0.6 is 0 Å². The number of nitrogens with two attached hydrogens (primary N) is 1. The summed E-state index contributed by atoms with van der Waals surface area (Å²) in [7, 11) is 1.27. The molecule has 0 aliphatic heterocycles. The fourth-order valence-electron chi connectivity index (χ4n) is 2.36. The second-order valence-corrected chi connectivity index (χ2v) is 4.85. The first-order chi connectivity index (χ1) is 9.97. The highest BCUT2D eigenvalue weighted by molar-refractivity contribution is 5.92. The van der Waals surface area contributed by atoms with Crippen molar-refractivity contribution < 1.29 is 19.4 Å². The fourth-order valence-corrected chi connectivity index (χ4v) is 2.36. The first-order valence-corrected chi connectivity index (χ1v) is 6.67. The van der Waals surface area contributed by atoms with Crippen molar-refractivity contribution in [2.24, 2.45) is 5.73 Å². The summed E-state index contributed by atoms with van der Waals surface area (Å²) in [6, 6.07) is 4.85. The van der Waals surface area contributed by atoms with Crippen LogP contribution in [0.3, 0.4) is 0 Å². The number of carbonyl (C=O) groups is 2. The Labute approximate surface area is 122 Å². The van der Waals surface area contributed by atoms with E-state index in [4.69, 9.17) is 5.73 Å². The Hall–Kier alpha value is -2.34. The lowest BCUT2D eigenvalue weighted by Gasteiger charge is -2.08. The number of hydrogen-bond acceptors (Lipinski definition) is 4. The molecule has 0 bridgehead atoms. The largest absolute Gasteiger partial charge is 0.468 e. The zero-order valence-electron chi connectivity index (χ0n) is 12.0. The van der Waals surface area contributed by atoms with Gasteiger partial charge in [-0.25, -0.2) is 4.79 Å². The maximum Gasteiger partial charge on any atom is 0.416 e. The molecule has 6 nitrogen and oxygen atoms in total. The van der Waals surface area contributed by atoms with E-state index in [1.54, 1.807) is 0 Å². The van der Waals surface area contributed by atoms with Gasteiger partial charge < -0.3 is 15.6 Å². The normalized spacial score (nSPS) is 12.3. The van der Waals surface area contributed by atoms with Crippen LogP contribution in [-0.2, 0) is 22.4 Å². The summed E-state index contributed by atoms with van der Waals surface area (Å²) in [5.41, 5.74) is 8.13. The molecule has 112 valence electrons. The quantitative estimate of drug-likeness (QED) is 0.837. The Morgan fingerprint density at radius 1 is 1.43 bits per heavy atom. The number of aryl methyl sites for hydroxylation is 1. The smallest absolute Gasteiger partial charge is 0.416 e. The number of carbonyl (C=O) groups excluding carboxylic acids is 1. The summed E-state index contributed by atoms with van der Waals surface area (Å²) >= 11 is 0. The lowest BCUT2D eigenvalue weighted by molar-refractivity contribution is -0.142. The number of methoxy groups -OCH3 is 1. The number of fused-ring (bicyclic) bond motifs is 1. The molecule has 0 spiro atoms. The van der Waals surface area contributed by atoms with E-state index in [0.29, 0.717) is 11.1 Å². The molecule has 1 atom stereocenters. The summed E-state index contributed by atoms with van der Waals surface area (Å²) in [6.07, 6.45) is 1.49. The highest BCUT2D eigenvalue weighted by atomic mass is 16.5. The third-order valence-corrected chi connectivity index (χ3v) is 3.51. The molecular weight excluding hydrogens is 272 g/mol. The average Bonchev–Trinajstić information content (AvgIpc) is 2.84. The molecule has 1 aromatic heterocycles. The van der Waals surface area contributed by atoms with Gasteiger partial charge in [0.15, 0.2) is 0 Å². The Balaban J connectivity index is 2.49. The topological polar surface area (TPSA) is 94.6 Å². The molecule has 1 aromatic carbocycles. The number of benzene rings is 1. The van der Waals surface area contributed by atoms with Crippen LogP contribution in [-0.4, -0.2) is 34.9 Å². The summed E-state index contributed by atoms with van der Waals surface area (Å²) < 4.78 is 5.76. The summed E-state index contributed by atoms with van der Waals surface area (Å²) in [6.45, 7) is 2.00. The van der Waals surface area contributed by atoms with Gasteiger partial charge in [0, 0.05) is 18.0 Å². The molecule has 3 N–H and O–H groups in total. The molecule has 0 saturated carbocycles. The van der Waals surface area contributed by atoms with Crippen molar-refractivity contribution in [1.29, 1.82) is 0 Å². The highest BCUT2D eigenvalue weighted by Gasteiger charge is 2.19. The molecule has 0 amide bonds. The number of hydrogen-bond donors (Lipinski definition) is 2. The van der Waals surface area contributed by atoms with Crippen LogP contribution in [0.5, 0.6) is 0 Å². The van der Waals surface area contributed by atoms with Crippen LogP contribution in [0.4, 0.5) is 4.79 Å². The van der Waals surface area contributed by atoms with Crippen LogP contribution in [0.15, 0.2) is 24.4 Å². The van der Waals surface area contributed by atoms with Crippen molar-refractivity contribution in [3.63, 3.8) is 0 Å². The summed E-state index contributed by atoms with van der Waals surface area (Å²) in [5.74, 6) is -0.517. The predicted octanol–water partition coefficient (Wildman–Crippen LogP) is 1.77. The highest BCUT2D eigenvalue weighted by Crippen LogP contribution is 2.24. The predicted molar refractivity (Wildman–Crippen MR) is 78.4 cm³/mol. The van der Waals surface area contributed by atoms with Gasteiger partial charge in [0.25, 0.3) is 0 Å². The Morgan fingerprint density at radius 2 is 2.14 bits per heavy atom. The van der Waals surface area contributed by atoms with E-state index in [-0.39, 0.29) is 6.42 Å². The van der Waals surface area contributed by atoms with Crippen LogP contribution < -0.4 is 5.73 Å². The minimum atomic E-state index is -1.06. The molecule has 0 aliphatic rings. The third kappa shape index (κ3) is 2.90. The number of rotatable bonds is 4. The van der Waals surface area contributed by atoms with E-state index in [0.717, 1.165) is 21.9 Å². The fraction of sp³-hybridized carbons (Fsp3) is 0.333. The Bertz CT molecular complexity index is 690. The summed E-state index contributed by atoms with van der Waals surface area (Å²) in [4.78, 5) is 22.8. The molecule has 2 aromatic rings. The van der Waals surface area contributed by atoms with E-state index >= 15 is 0 Å². The zero-order valence-corrected chi connectivity index (χ0v) is 12.0. The molecule has 21 heavy (non-hydrogen) atoms. The molecule has 0 saturated heterocycles. The van der Waals surface area contributed by atoms with Crippen molar-refractivity contribution in [1.82, 2.24) is 4.57 Å². The molecule has 0 fully saturated rings. The van der Waals surface area contributed by atoms with E-state index in [1.165, 1.54) is 13.3 Å². The SMILES string of the molecule is CCc1ccc2c(CC(N)C(=O)OC)cn(C(=O)O)c2c1. The molecule has 0 aliphatic carbocycles. The first kappa shape index (κ1) is 15.1. The van der Waals surface area contributed by atoms with Crippen LogP contribution in [0.1, 0.15) is 18.1 Å². The lowest BCUT2D eigenvalue weighted by Crippen LogP contribution is -2.33. The number of esters is 1. The van der Waals surface area contributed by atoms with Gasteiger partial charge >= 0.3 is 12.1 Å². The monoisotopic (exact) mass is 290 g/mol. The molecule has 1 unspecified atom stereocenters. The van der Waals surface area contributed by atoms with Crippen molar-refractivity contribution in [2.75, 3.05) is 7.11 Å². The molecule has 2 rings (SSSR count). The number of nitrogens with zero attached hydrogens (tertiary/aromatic N) is 1. The third-order valence-electron chi connectivity index (χ3n) is 3.51. The van der Waals surface area contributed by atoms with Gasteiger partial charge in [-0.3, -0.25) is 9.36 Å². The van der Waals surface area contributed by atoms with Crippen LogP contribution in [0, 0.1) is 0 Å². The van der Waals surface area contributed by atoms with Crippen molar-refractivity contribution in [3.05, 3.63) is 35.5 Å². The molecule has 6 heteroatoms. The van der Waals surface area contributed by atoms with Gasteiger partial charge in [-0.1, -0.05) is 19.1 Å². The minimum absolute atomic E-state index is 0.231. The van der Waals surface area contributed by atoms with Crippen LogP contribution in [0.2, 0.25) is 0 Å². The summed E-state index contributed by atoms with van der Waals surface area (Å²) in [5, 5.41) is 10.1. The Kier molecular flexibility index (Phi) is 4.28.